The van der Waals surface area contributed by atoms with Gasteiger partial charge in [0.15, 0.2) is 0 Å². The average Bonchev–Trinajstić information content (AvgIpc) is 2.38. The third kappa shape index (κ3) is 3.72. The Morgan fingerprint density at radius 1 is 1.33 bits per heavy atom. The molecule has 1 aliphatic carbocycles. The minimum absolute atomic E-state index is 0.189. The Balaban J connectivity index is 1.98. The van der Waals surface area contributed by atoms with E-state index in [-0.39, 0.29) is 12.6 Å². The van der Waals surface area contributed by atoms with Crippen LogP contribution < -0.4 is 5.32 Å². The van der Waals surface area contributed by atoms with E-state index in [1.165, 1.54) is 25.7 Å². The van der Waals surface area contributed by atoms with Gasteiger partial charge >= 0.3 is 0 Å². The van der Waals surface area contributed by atoms with Crippen LogP contribution in [-0.4, -0.2) is 17.8 Å². The summed E-state index contributed by atoms with van der Waals surface area (Å²) in [6.45, 7) is 2.54. The van der Waals surface area contributed by atoms with Gasteiger partial charge in [0, 0.05) is 10.2 Å². The lowest BCUT2D eigenvalue weighted by molar-refractivity contribution is 0.188. The molecule has 0 aliphatic heterocycles. The number of rotatable bonds is 4. The van der Waals surface area contributed by atoms with E-state index in [0.29, 0.717) is 5.92 Å². The fourth-order valence-electron chi connectivity index (χ4n) is 2.92. The standard InChI is InChI=1S/C15H22BrNO/c1-11-3-2-4-12(9-11)15(10-18)17-14-7-5-13(16)6-8-14/h5-8,11-12,15,17-18H,2-4,9-10H2,1H3. The highest BCUT2D eigenvalue weighted by Gasteiger charge is 2.26. The maximum atomic E-state index is 9.61. The van der Waals surface area contributed by atoms with Crippen molar-refractivity contribution in [3.8, 4) is 0 Å². The van der Waals surface area contributed by atoms with Gasteiger partial charge < -0.3 is 10.4 Å². The minimum atomic E-state index is 0.189. The zero-order valence-corrected chi connectivity index (χ0v) is 12.5. The highest BCUT2D eigenvalue weighted by Crippen LogP contribution is 2.32. The third-order valence-corrected chi connectivity index (χ3v) is 4.47. The maximum Gasteiger partial charge on any atom is 0.0635 e. The first-order chi connectivity index (χ1) is 8.69. The van der Waals surface area contributed by atoms with Gasteiger partial charge in [-0.05, 0) is 48.9 Å². The van der Waals surface area contributed by atoms with Gasteiger partial charge in [0.25, 0.3) is 0 Å². The first-order valence-electron chi connectivity index (χ1n) is 6.82. The van der Waals surface area contributed by atoms with E-state index in [4.69, 9.17) is 0 Å². The molecule has 18 heavy (non-hydrogen) atoms. The van der Waals surface area contributed by atoms with Crippen LogP contribution in [0.2, 0.25) is 0 Å². The van der Waals surface area contributed by atoms with Gasteiger partial charge in [-0.1, -0.05) is 35.7 Å². The summed E-state index contributed by atoms with van der Waals surface area (Å²) in [4.78, 5) is 0. The van der Waals surface area contributed by atoms with Crippen LogP contribution in [0, 0.1) is 11.8 Å². The molecule has 2 rings (SSSR count). The Morgan fingerprint density at radius 2 is 2.06 bits per heavy atom. The van der Waals surface area contributed by atoms with Crippen molar-refractivity contribution < 1.29 is 5.11 Å². The van der Waals surface area contributed by atoms with E-state index in [1.807, 2.05) is 12.1 Å². The van der Waals surface area contributed by atoms with E-state index in [1.54, 1.807) is 0 Å². The summed E-state index contributed by atoms with van der Waals surface area (Å²) in [7, 11) is 0. The summed E-state index contributed by atoms with van der Waals surface area (Å²) >= 11 is 3.44. The van der Waals surface area contributed by atoms with Crippen molar-refractivity contribution >= 4 is 21.6 Å². The van der Waals surface area contributed by atoms with Crippen LogP contribution in [0.15, 0.2) is 28.7 Å². The maximum absolute atomic E-state index is 9.61. The molecule has 0 aromatic heterocycles. The lowest BCUT2D eigenvalue weighted by atomic mass is 9.78. The number of aliphatic hydroxyl groups excluding tert-OH is 1. The van der Waals surface area contributed by atoms with E-state index < -0.39 is 0 Å². The Bertz CT molecular complexity index is 365. The third-order valence-electron chi connectivity index (χ3n) is 3.94. The van der Waals surface area contributed by atoms with Crippen LogP contribution in [0.3, 0.4) is 0 Å². The largest absolute Gasteiger partial charge is 0.394 e. The second-order valence-electron chi connectivity index (χ2n) is 5.47. The number of halogens is 1. The SMILES string of the molecule is CC1CCCC(C(CO)Nc2ccc(Br)cc2)C1. The molecule has 1 aromatic rings. The zero-order valence-electron chi connectivity index (χ0n) is 10.9. The van der Waals surface area contributed by atoms with Crippen LogP contribution >= 0.6 is 15.9 Å². The van der Waals surface area contributed by atoms with Gasteiger partial charge in [-0.25, -0.2) is 0 Å². The van der Waals surface area contributed by atoms with Crippen molar-refractivity contribution in [2.24, 2.45) is 11.8 Å². The first-order valence-corrected chi connectivity index (χ1v) is 7.61. The minimum Gasteiger partial charge on any atom is -0.394 e. The van der Waals surface area contributed by atoms with Crippen LogP contribution in [0.4, 0.5) is 5.69 Å². The van der Waals surface area contributed by atoms with Crippen molar-refractivity contribution in [3.63, 3.8) is 0 Å². The molecule has 0 radical (unpaired) electrons. The quantitative estimate of drug-likeness (QED) is 0.879. The predicted molar refractivity (Wildman–Crippen MR) is 79.8 cm³/mol. The van der Waals surface area contributed by atoms with E-state index >= 15 is 0 Å². The average molecular weight is 312 g/mol. The molecule has 3 heteroatoms. The summed E-state index contributed by atoms with van der Waals surface area (Å²) in [6.07, 6.45) is 5.10. The molecule has 1 saturated carbocycles. The molecular formula is C15H22BrNO. The van der Waals surface area contributed by atoms with Gasteiger partial charge in [0.1, 0.15) is 0 Å². The summed E-state index contributed by atoms with van der Waals surface area (Å²) in [5, 5.41) is 13.1. The number of nitrogens with one attached hydrogen (secondary N) is 1. The number of hydrogen-bond donors (Lipinski definition) is 2. The molecule has 2 nitrogen and oxygen atoms in total. The molecule has 0 spiro atoms. The van der Waals surface area contributed by atoms with Gasteiger partial charge in [0.05, 0.1) is 12.6 Å². The molecule has 1 aliphatic rings. The summed E-state index contributed by atoms with van der Waals surface area (Å²) in [5.41, 5.74) is 1.09. The van der Waals surface area contributed by atoms with Crippen LogP contribution in [0.25, 0.3) is 0 Å². The lowest BCUT2D eigenvalue weighted by Gasteiger charge is -2.33. The molecule has 0 heterocycles. The van der Waals surface area contributed by atoms with Crippen molar-refractivity contribution in [3.05, 3.63) is 28.7 Å². The molecular weight excluding hydrogens is 290 g/mol. The molecule has 1 fully saturated rings. The molecule has 0 saturated heterocycles. The second-order valence-corrected chi connectivity index (χ2v) is 6.39. The topological polar surface area (TPSA) is 32.3 Å². The fraction of sp³-hybridized carbons (Fsp3) is 0.600. The fourth-order valence-corrected chi connectivity index (χ4v) is 3.18. The van der Waals surface area contributed by atoms with Gasteiger partial charge in [-0.2, -0.15) is 0 Å². The van der Waals surface area contributed by atoms with E-state index in [0.717, 1.165) is 16.1 Å². The molecule has 100 valence electrons. The Labute approximate surface area is 118 Å². The normalized spacial score (nSPS) is 25.7. The van der Waals surface area contributed by atoms with Gasteiger partial charge in [0.2, 0.25) is 0 Å². The molecule has 2 N–H and O–H groups in total. The lowest BCUT2D eigenvalue weighted by Crippen LogP contribution is -2.35. The Morgan fingerprint density at radius 3 is 2.67 bits per heavy atom. The zero-order chi connectivity index (χ0) is 13.0. The molecule has 0 bridgehead atoms. The Kier molecular flexibility index (Phi) is 5.07. The number of aliphatic hydroxyl groups is 1. The smallest absolute Gasteiger partial charge is 0.0635 e. The monoisotopic (exact) mass is 311 g/mol. The van der Waals surface area contributed by atoms with Crippen molar-refractivity contribution in [1.29, 1.82) is 0 Å². The number of hydrogen-bond acceptors (Lipinski definition) is 2. The van der Waals surface area contributed by atoms with Crippen LogP contribution in [0.1, 0.15) is 32.6 Å². The molecule has 0 amide bonds. The van der Waals surface area contributed by atoms with Crippen molar-refractivity contribution in [1.82, 2.24) is 0 Å². The summed E-state index contributed by atoms with van der Waals surface area (Å²) in [5.74, 6) is 1.40. The summed E-state index contributed by atoms with van der Waals surface area (Å²) < 4.78 is 1.08. The van der Waals surface area contributed by atoms with E-state index in [2.05, 4.69) is 40.3 Å². The molecule has 3 unspecified atom stereocenters. The van der Waals surface area contributed by atoms with Crippen molar-refractivity contribution in [2.45, 2.75) is 38.6 Å². The van der Waals surface area contributed by atoms with Crippen molar-refractivity contribution in [2.75, 3.05) is 11.9 Å². The van der Waals surface area contributed by atoms with Crippen LogP contribution in [-0.2, 0) is 0 Å². The first kappa shape index (κ1) is 13.9. The number of anilines is 1. The number of benzene rings is 1. The Hall–Kier alpha value is -0.540. The second kappa shape index (κ2) is 6.58. The highest BCUT2D eigenvalue weighted by atomic mass is 79.9. The highest BCUT2D eigenvalue weighted by molar-refractivity contribution is 9.10. The summed E-state index contributed by atoms with van der Waals surface area (Å²) in [6, 6.07) is 8.35. The molecule has 1 aromatic carbocycles. The van der Waals surface area contributed by atoms with E-state index in [9.17, 15) is 5.11 Å². The van der Waals surface area contributed by atoms with Gasteiger partial charge in [-0.3, -0.25) is 0 Å². The predicted octanol–water partition coefficient (Wildman–Crippen LogP) is 4.05. The van der Waals surface area contributed by atoms with Crippen LogP contribution in [0.5, 0.6) is 0 Å². The molecule has 3 atom stereocenters. The van der Waals surface area contributed by atoms with Gasteiger partial charge in [-0.15, -0.1) is 0 Å².